The Bertz CT molecular complexity index is 724. The predicted octanol–water partition coefficient (Wildman–Crippen LogP) is 2.17. The van der Waals surface area contributed by atoms with E-state index < -0.39 is 5.97 Å². The van der Waals surface area contributed by atoms with Gasteiger partial charge in [0.15, 0.2) is 5.69 Å². The molecule has 0 atom stereocenters. The third kappa shape index (κ3) is 4.67. The molecule has 7 nitrogen and oxygen atoms in total. The monoisotopic (exact) mass is 344 g/mol. The number of hydrogen-bond donors (Lipinski definition) is 0. The van der Waals surface area contributed by atoms with Crippen LogP contribution < -0.4 is 0 Å². The average Bonchev–Trinajstić information content (AvgIpc) is 3.37. The first kappa shape index (κ1) is 17.2. The lowest BCUT2D eigenvalue weighted by Crippen LogP contribution is -2.35. The zero-order chi connectivity index (χ0) is 17.6. The average molecular weight is 344 g/mol. The molecule has 0 N–H and O–H groups in total. The van der Waals surface area contributed by atoms with Crippen molar-refractivity contribution < 1.29 is 23.5 Å². The molecule has 0 unspecified atom stereocenters. The summed E-state index contributed by atoms with van der Waals surface area (Å²) in [7, 11) is 1.28. The van der Waals surface area contributed by atoms with Gasteiger partial charge in [-0.2, -0.15) is 0 Å². The van der Waals surface area contributed by atoms with Gasteiger partial charge in [-0.3, -0.25) is 4.79 Å². The standard InChI is InChI=1S/C18H20N2O5/c1-23-18(22)15-11-25-16(19-15)9-20(14-7-8-14)17(21)12-24-10-13-5-3-2-4-6-13/h2-6,11,14H,7-10,12H2,1H3. The minimum Gasteiger partial charge on any atom is -0.464 e. The molecule has 1 aliphatic rings. The van der Waals surface area contributed by atoms with Crippen LogP contribution >= 0.6 is 0 Å². The van der Waals surface area contributed by atoms with Gasteiger partial charge in [0.05, 0.1) is 20.3 Å². The summed E-state index contributed by atoms with van der Waals surface area (Å²) in [6.45, 7) is 0.599. The second kappa shape index (κ2) is 7.94. The second-order valence-corrected chi connectivity index (χ2v) is 5.85. The highest BCUT2D eigenvalue weighted by molar-refractivity contribution is 5.86. The first-order chi connectivity index (χ1) is 12.2. The van der Waals surface area contributed by atoms with Crippen LogP contribution in [-0.4, -0.2) is 41.5 Å². The summed E-state index contributed by atoms with van der Waals surface area (Å²) in [4.78, 5) is 29.6. The first-order valence-corrected chi connectivity index (χ1v) is 8.11. The maximum atomic E-state index is 12.5. The highest BCUT2D eigenvalue weighted by atomic mass is 16.5. The first-order valence-electron chi connectivity index (χ1n) is 8.11. The van der Waals surface area contributed by atoms with Crippen molar-refractivity contribution in [3.05, 3.63) is 53.7 Å². The molecule has 25 heavy (non-hydrogen) atoms. The van der Waals surface area contributed by atoms with Crippen molar-refractivity contribution >= 4 is 11.9 Å². The molecule has 3 rings (SSSR count). The smallest absolute Gasteiger partial charge is 0.360 e. The van der Waals surface area contributed by atoms with Gasteiger partial charge >= 0.3 is 5.97 Å². The number of esters is 1. The Morgan fingerprint density at radius 2 is 2.04 bits per heavy atom. The number of ether oxygens (including phenoxy) is 2. The van der Waals surface area contributed by atoms with E-state index in [1.165, 1.54) is 13.4 Å². The summed E-state index contributed by atoms with van der Waals surface area (Å²) >= 11 is 0. The Balaban J connectivity index is 1.54. The molecule has 0 radical (unpaired) electrons. The van der Waals surface area contributed by atoms with Gasteiger partial charge in [-0.1, -0.05) is 30.3 Å². The van der Waals surface area contributed by atoms with E-state index in [2.05, 4.69) is 9.72 Å². The summed E-state index contributed by atoms with van der Waals surface area (Å²) in [5, 5.41) is 0. The summed E-state index contributed by atoms with van der Waals surface area (Å²) < 4.78 is 15.4. The number of amides is 1. The van der Waals surface area contributed by atoms with Crippen molar-refractivity contribution in [3.8, 4) is 0 Å². The fourth-order valence-corrected chi connectivity index (χ4v) is 2.45. The minimum absolute atomic E-state index is 0.00401. The quantitative estimate of drug-likeness (QED) is 0.683. The third-order valence-electron chi connectivity index (χ3n) is 3.90. The molecule has 0 aliphatic heterocycles. The number of rotatable bonds is 8. The molecular weight excluding hydrogens is 324 g/mol. The summed E-state index contributed by atoms with van der Waals surface area (Å²) in [6.07, 6.45) is 3.15. The van der Waals surface area contributed by atoms with E-state index in [1.807, 2.05) is 30.3 Å². The van der Waals surface area contributed by atoms with E-state index in [4.69, 9.17) is 9.15 Å². The van der Waals surface area contributed by atoms with E-state index >= 15 is 0 Å². The largest absolute Gasteiger partial charge is 0.464 e. The lowest BCUT2D eigenvalue weighted by molar-refractivity contribution is -0.138. The zero-order valence-electron chi connectivity index (χ0n) is 14.0. The number of carbonyl (C=O) groups is 2. The molecule has 1 fully saturated rings. The number of aromatic nitrogens is 1. The summed E-state index contributed by atoms with van der Waals surface area (Å²) in [5.41, 5.74) is 1.12. The number of carbonyl (C=O) groups excluding carboxylic acids is 2. The Morgan fingerprint density at radius 3 is 2.72 bits per heavy atom. The number of nitrogens with zero attached hydrogens (tertiary/aromatic N) is 2. The van der Waals surface area contributed by atoms with E-state index in [1.54, 1.807) is 4.90 Å². The summed E-state index contributed by atoms with van der Waals surface area (Å²) in [6, 6.07) is 9.87. The van der Waals surface area contributed by atoms with Gasteiger partial charge in [0.25, 0.3) is 0 Å². The van der Waals surface area contributed by atoms with Crippen LogP contribution in [0.15, 0.2) is 41.0 Å². The highest BCUT2D eigenvalue weighted by Crippen LogP contribution is 2.28. The molecule has 0 bridgehead atoms. The van der Waals surface area contributed by atoms with E-state index in [9.17, 15) is 9.59 Å². The molecule has 7 heteroatoms. The number of benzene rings is 1. The van der Waals surface area contributed by atoms with E-state index in [0.717, 1.165) is 18.4 Å². The van der Waals surface area contributed by atoms with Gasteiger partial charge in [-0.05, 0) is 18.4 Å². The molecule has 132 valence electrons. The second-order valence-electron chi connectivity index (χ2n) is 5.85. The number of hydrogen-bond acceptors (Lipinski definition) is 6. The van der Waals surface area contributed by atoms with Crippen molar-refractivity contribution in [2.75, 3.05) is 13.7 Å². The van der Waals surface area contributed by atoms with Crippen LogP contribution in [0.25, 0.3) is 0 Å². The molecule has 2 aromatic rings. The highest BCUT2D eigenvalue weighted by Gasteiger charge is 2.33. The molecule has 0 spiro atoms. The van der Waals surface area contributed by atoms with Gasteiger partial charge in [0, 0.05) is 6.04 Å². The van der Waals surface area contributed by atoms with Crippen LogP contribution in [-0.2, 0) is 27.4 Å². The van der Waals surface area contributed by atoms with Gasteiger partial charge < -0.3 is 18.8 Å². The van der Waals surface area contributed by atoms with Crippen LogP contribution in [0.2, 0.25) is 0 Å². The lowest BCUT2D eigenvalue weighted by Gasteiger charge is -2.20. The van der Waals surface area contributed by atoms with Crippen LogP contribution in [0.3, 0.4) is 0 Å². The fraction of sp³-hybridized carbons (Fsp3) is 0.389. The Labute approximate surface area is 145 Å². The fourth-order valence-electron chi connectivity index (χ4n) is 2.45. The molecule has 1 amide bonds. The molecule has 1 aromatic carbocycles. The molecular formula is C18H20N2O5. The van der Waals surface area contributed by atoms with Gasteiger partial charge in [-0.15, -0.1) is 0 Å². The molecule has 1 saturated carbocycles. The minimum atomic E-state index is -0.564. The molecule has 0 saturated heterocycles. The van der Waals surface area contributed by atoms with Crippen molar-refractivity contribution in [3.63, 3.8) is 0 Å². The lowest BCUT2D eigenvalue weighted by atomic mass is 10.2. The van der Waals surface area contributed by atoms with Crippen LogP contribution in [0, 0.1) is 0 Å². The van der Waals surface area contributed by atoms with E-state index in [-0.39, 0.29) is 30.8 Å². The Hall–Kier alpha value is -2.67. The van der Waals surface area contributed by atoms with Crippen LogP contribution in [0.4, 0.5) is 0 Å². The normalized spacial score (nSPS) is 13.5. The van der Waals surface area contributed by atoms with Crippen molar-refractivity contribution in [2.24, 2.45) is 0 Å². The number of oxazole rings is 1. The Morgan fingerprint density at radius 1 is 1.28 bits per heavy atom. The van der Waals surface area contributed by atoms with Crippen molar-refractivity contribution in [1.82, 2.24) is 9.88 Å². The van der Waals surface area contributed by atoms with E-state index in [0.29, 0.717) is 12.5 Å². The van der Waals surface area contributed by atoms with Crippen molar-refractivity contribution in [1.29, 1.82) is 0 Å². The Kier molecular flexibility index (Phi) is 5.45. The van der Waals surface area contributed by atoms with Gasteiger partial charge in [-0.25, -0.2) is 9.78 Å². The molecule has 1 aliphatic carbocycles. The topological polar surface area (TPSA) is 81.9 Å². The SMILES string of the molecule is COC(=O)c1coc(CN(C(=O)COCc2ccccc2)C2CC2)n1. The van der Waals surface area contributed by atoms with Crippen LogP contribution in [0.5, 0.6) is 0 Å². The maximum Gasteiger partial charge on any atom is 0.360 e. The van der Waals surface area contributed by atoms with Crippen molar-refractivity contribution in [2.45, 2.75) is 32.0 Å². The number of methoxy groups -OCH3 is 1. The molecule has 1 aromatic heterocycles. The molecule has 1 heterocycles. The van der Waals surface area contributed by atoms with Gasteiger partial charge in [0.1, 0.15) is 12.9 Å². The third-order valence-corrected chi connectivity index (χ3v) is 3.90. The van der Waals surface area contributed by atoms with Crippen LogP contribution in [0.1, 0.15) is 34.8 Å². The van der Waals surface area contributed by atoms with Gasteiger partial charge in [0.2, 0.25) is 11.8 Å². The zero-order valence-corrected chi connectivity index (χ0v) is 14.0. The summed E-state index contributed by atoms with van der Waals surface area (Å²) in [5.74, 6) is -0.370. The maximum absolute atomic E-state index is 12.5. The predicted molar refractivity (Wildman–Crippen MR) is 87.5 cm³/mol.